The molecule has 5 unspecified atom stereocenters. The van der Waals surface area contributed by atoms with Crippen LogP contribution in [0.15, 0.2) is 0 Å². The summed E-state index contributed by atoms with van der Waals surface area (Å²) in [4.78, 5) is 25.5. The van der Waals surface area contributed by atoms with Crippen molar-refractivity contribution in [3.05, 3.63) is 0 Å². The molecule has 4 aliphatic rings. The molecular weight excluding hydrogens is 278 g/mol. The number of ether oxygens (including phenoxy) is 4. The lowest BCUT2D eigenvalue weighted by molar-refractivity contribution is -0.908. The van der Waals surface area contributed by atoms with Crippen LogP contribution in [0.25, 0.3) is 0 Å². The van der Waals surface area contributed by atoms with Crippen LogP contribution >= 0.6 is 0 Å². The van der Waals surface area contributed by atoms with E-state index in [-0.39, 0.29) is 30.3 Å². The van der Waals surface area contributed by atoms with Crippen molar-refractivity contribution in [1.29, 1.82) is 0 Å². The highest BCUT2D eigenvalue weighted by molar-refractivity contribution is 5.86. The second-order valence-corrected chi connectivity index (χ2v) is 6.18. The first-order chi connectivity index (χ1) is 10.2. The second kappa shape index (κ2) is 5.23. The molecule has 0 aromatic heterocycles. The first-order valence-electron chi connectivity index (χ1n) is 7.68. The van der Waals surface area contributed by atoms with E-state index in [0.29, 0.717) is 13.0 Å². The van der Waals surface area contributed by atoms with E-state index < -0.39 is 11.8 Å². The predicted octanol–water partition coefficient (Wildman–Crippen LogP) is -2.23. The van der Waals surface area contributed by atoms with Gasteiger partial charge in [0.25, 0.3) is 0 Å². The smallest absolute Gasteiger partial charge is 0.313 e. The van der Waals surface area contributed by atoms with E-state index in [9.17, 15) is 9.59 Å². The van der Waals surface area contributed by atoms with Gasteiger partial charge in [0, 0.05) is 6.42 Å². The molecular formula is C14H20NO6+. The Bertz CT molecular complexity index is 447. The number of fused-ring (bicyclic) bond motifs is 1. The zero-order chi connectivity index (χ0) is 14.4. The highest BCUT2D eigenvalue weighted by atomic mass is 16.6. The molecule has 0 spiro atoms. The molecule has 5 atom stereocenters. The van der Waals surface area contributed by atoms with Gasteiger partial charge in [-0.1, -0.05) is 0 Å². The molecule has 116 valence electrons. The molecule has 0 aromatic carbocycles. The van der Waals surface area contributed by atoms with Crippen molar-refractivity contribution in [2.45, 2.75) is 24.7 Å². The Kier molecular flexibility index (Phi) is 3.35. The lowest BCUT2D eigenvalue weighted by atomic mass is 9.80. The zero-order valence-corrected chi connectivity index (χ0v) is 11.8. The summed E-state index contributed by atoms with van der Waals surface area (Å²) in [6.45, 7) is 4.59. The molecule has 4 rings (SSSR count). The van der Waals surface area contributed by atoms with Crippen LogP contribution in [0.2, 0.25) is 0 Å². The maximum absolute atomic E-state index is 12.3. The third-order valence-electron chi connectivity index (χ3n) is 5.02. The van der Waals surface area contributed by atoms with E-state index in [1.165, 1.54) is 4.90 Å². The van der Waals surface area contributed by atoms with Crippen LogP contribution in [-0.2, 0) is 28.5 Å². The minimum absolute atomic E-state index is 0.144. The molecule has 7 nitrogen and oxygen atoms in total. The van der Waals surface area contributed by atoms with Crippen LogP contribution in [0.5, 0.6) is 0 Å². The van der Waals surface area contributed by atoms with Gasteiger partial charge in [-0.3, -0.25) is 9.59 Å². The molecule has 0 aliphatic carbocycles. The van der Waals surface area contributed by atoms with Crippen molar-refractivity contribution >= 4 is 11.9 Å². The van der Waals surface area contributed by atoms with Crippen molar-refractivity contribution in [1.82, 2.24) is 0 Å². The quantitative estimate of drug-likeness (QED) is 0.592. The Morgan fingerprint density at radius 1 is 1.29 bits per heavy atom. The zero-order valence-electron chi connectivity index (χ0n) is 11.8. The molecule has 4 saturated heterocycles. The maximum atomic E-state index is 12.3. The fourth-order valence-electron chi connectivity index (χ4n) is 3.92. The fraction of sp³-hybridized carbons (Fsp3) is 0.857. The fourth-order valence-corrected chi connectivity index (χ4v) is 3.92. The van der Waals surface area contributed by atoms with Gasteiger partial charge in [-0.15, -0.1) is 0 Å². The average molecular weight is 298 g/mol. The summed E-state index contributed by atoms with van der Waals surface area (Å²) in [5.74, 6) is -1.53. The van der Waals surface area contributed by atoms with Gasteiger partial charge in [0.1, 0.15) is 44.4 Å². The minimum Gasteiger partial charge on any atom is -0.459 e. The highest BCUT2D eigenvalue weighted by Gasteiger charge is 2.66. The summed E-state index contributed by atoms with van der Waals surface area (Å²) in [7, 11) is 0. The molecule has 4 aliphatic heterocycles. The minimum atomic E-state index is -0.471. The number of carbonyl (C=O) groups is 2. The summed E-state index contributed by atoms with van der Waals surface area (Å²) in [5.41, 5.74) is 0. The summed E-state index contributed by atoms with van der Waals surface area (Å²) in [6, 6.07) is 0. The SMILES string of the molecule is O=C(OCC[NH+]1CCOCC1)C1C2CC3OC(=O)C1C3O2. The van der Waals surface area contributed by atoms with Gasteiger partial charge < -0.3 is 23.8 Å². The van der Waals surface area contributed by atoms with Gasteiger partial charge in [-0.05, 0) is 0 Å². The molecule has 0 aromatic rings. The standard InChI is InChI=1S/C14H19NO6/c16-13(19-6-3-15-1-4-18-5-2-15)10-8-7-9-12(20-8)11(10)14(17)21-9/h8-12H,1-7H2/p+1. The lowest BCUT2D eigenvalue weighted by Crippen LogP contribution is -3.14. The molecule has 7 heteroatoms. The van der Waals surface area contributed by atoms with Crippen molar-refractivity contribution in [2.24, 2.45) is 11.8 Å². The Morgan fingerprint density at radius 3 is 2.90 bits per heavy atom. The van der Waals surface area contributed by atoms with E-state index in [2.05, 4.69) is 0 Å². The average Bonchev–Trinajstić information content (AvgIpc) is 3.09. The lowest BCUT2D eigenvalue weighted by Gasteiger charge is -2.24. The third kappa shape index (κ3) is 2.23. The van der Waals surface area contributed by atoms with Crippen molar-refractivity contribution in [3.63, 3.8) is 0 Å². The Labute approximate surface area is 122 Å². The first-order valence-corrected chi connectivity index (χ1v) is 7.68. The van der Waals surface area contributed by atoms with E-state index in [4.69, 9.17) is 18.9 Å². The number of morpholine rings is 1. The number of rotatable bonds is 4. The van der Waals surface area contributed by atoms with E-state index >= 15 is 0 Å². The predicted molar refractivity (Wildman–Crippen MR) is 67.5 cm³/mol. The largest absolute Gasteiger partial charge is 0.459 e. The molecule has 4 heterocycles. The number of hydrogen-bond acceptors (Lipinski definition) is 6. The van der Waals surface area contributed by atoms with Crippen molar-refractivity contribution in [3.8, 4) is 0 Å². The summed E-state index contributed by atoms with van der Waals surface area (Å²) in [5, 5.41) is 0. The van der Waals surface area contributed by atoms with E-state index in [1.54, 1.807) is 0 Å². The third-order valence-corrected chi connectivity index (χ3v) is 5.02. The molecule has 2 bridgehead atoms. The number of esters is 2. The van der Waals surface area contributed by atoms with Crippen LogP contribution < -0.4 is 4.90 Å². The van der Waals surface area contributed by atoms with Crippen LogP contribution in [0.1, 0.15) is 6.42 Å². The normalized spacial score (nSPS) is 41.3. The van der Waals surface area contributed by atoms with Gasteiger partial charge in [-0.25, -0.2) is 0 Å². The highest BCUT2D eigenvalue weighted by Crippen LogP contribution is 2.50. The summed E-state index contributed by atoms with van der Waals surface area (Å²) < 4.78 is 21.6. The van der Waals surface area contributed by atoms with Gasteiger partial charge in [0.2, 0.25) is 0 Å². The Balaban J connectivity index is 1.30. The van der Waals surface area contributed by atoms with E-state index in [0.717, 1.165) is 32.8 Å². The number of carbonyl (C=O) groups excluding carboxylic acids is 2. The molecule has 0 radical (unpaired) electrons. The van der Waals surface area contributed by atoms with Crippen molar-refractivity contribution in [2.75, 3.05) is 39.5 Å². The summed E-state index contributed by atoms with van der Waals surface area (Å²) in [6.07, 6.45) is 0.0421. The van der Waals surface area contributed by atoms with Gasteiger partial charge in [-0.2, -0.15) is 0 Å². The molecule has 4 fully saturated rings. The number of hydrogen-bond donors (Lipinski definition) is 1. The van der Waals surface area contributed by atoms with E-state index in [1.807, 2.05) is 0 Å². The molecule has 0 saturated carbocycles. The topological polar surface area (TPSA) is 75.5 Å². The molecule has 0 amide bonds. The Hall–Kier alpha value is -1.18. The van der Waals surface area contributed by atoms with Gasteiger partial charge in [0.15, 0.2) is 0 Å². The van der Waals surface area contributed by atoms with Gasteiger partial charge >= 0.3 is 11.9 Å². The van der Waals surface area contributed by atoms with Crippen LogP contribution in [0, 0.1) is 11.8 Å². The molecule has 21 heavy (non-hydrogen) atoms. The first kappa shape index (κ1) is 13.5. The number of nitrogens with one attached hydrogen (secondary N) is 1. The van der Waals surface area contributed by atoms with Gasteiger partial charge in [0.05, 0.1) is 25.2 Å². The summed E-state index contributed by atoms with van der Waals surface area (Å²) >= 11 is 0. The Morgan fingerprint density at radius 2 is 2.10 bits per heavy atom. The van der Waals surface area contributed by atoms with Crippen LogP contribution in [-0.4, -0.2) is 69.7 Å². The maximum Gasteiger partial charge on any atom is 0.313 e. The van der Waals surface area contributed by atoms with Crippen LogP contribution in [0.3, 0.4) is 0 Å². The molecule has 1 N–H and O–H groups in total. The van der Waals surface area contributed by atoms with Crippen LogP contribution in [0.4, 0.5) is 0 Å². The monoisotopic (exact) mass is 298 g/mol. The van der Waals surface area contributed by atoms with Crippen molar-refractivity contribution < 1.29 is 33.4 Å². The number of quaternary nitrogens is 1. The second-order valence-electron chi connectivity index (χ2n) is 6.18.